The van der Waals surface area contributed by atoms with E-state index in [9.17, 15) is 22.4 Å². The Kier molecular flexibility index (Phi) is 5.58. The highest BCUT2D eigenvalue weighted by Gasteiger charge is 2.30. The fraction of sp³-hybridized carbons (Fsp3) is 0.412. The van der Waals surface area contributed by atoms with Crippen molar-refractivity contribution in [2.45, 2.75) is 33.0 Å². The summed E-state index contributed by atoms with van der Waals surface area (Å²) in [5.41, 5.74) is 1.38. The molecule has 0 aliphatic carbocycles. The predicted molar refractivity (Wildman–Crippen MR) is 87.8 cm³/mol. The van der Waals surface area contributed by atoms with Gasteiger partial charge in [0.15, 0.2) is 11.6 Å². The van der Waals surface area contributed by atoms with Crippen LogP contribution in [0.25, 0.3) is 0 Å². The quantitative estimate of drug-likeness (QED) is 0.755. The van der Waals surface area contributed by atoms with Gasteiger partial charge in [-0.25, -0.2) is 4.39 Å². The Balaban J connectivity index is 2.20. The van der Waals surface area contributed by atoms with E-state index < -0.39 is 24.4 Å². The Labute approximate surface area is 148 Å². The van der Waals surface area contributed by atoms with E-state index in [-0.39, 0.29) is 17.9 Å². The molecule has 0 radical (unpaired) electrons. The second kappa shape index (κ2) is 7.35. The van der Waals surface area contributed by atoms with Gasteiger partial charge in [0.25, 0.3) is 0 Å². The van der Waals surface area contributed by atoms with Crippen molar-refractivity contribution in [2.75, 3.05) is 19.1 Å². The van der Waals surface area contributed by atoms with Gasteiger partial charge in [0, 0.05) is 30.1 Å². The Morgan fingerprint density at radius 3 is 2.50 bits per heavy atom. The molecule has 0 bridgehead atoms. The third-order valence-electron chi connectivity index (χ3n) is 4.09. The number of hydrogen-bond acceptors (Lipinski definition) is 3. The van der Waals surface area contributed by atoms with Gasteiger partial charge in [0.1, 0.15) is 6.54 Å². The fourth-order valence-corrected chi connectivity index (χ4v) is 2.59. The first kappa shape index (κ1) is 19.7. The van der Waals surface area contributed by atoms with Crippen LogP contribution in [0.3, 0.4) is 0 Å². The molecule has 26 heavy (non-hydrogen) atoms. The van der Waals surface area contributed by atoms with Crippen molar-refractivity contribution in [3.63, 3.8) is 0 Å². The van der Waals surface area contributed by atoms with Crippen molar-refractivity contribution in [3.8, 4) is 5.75 Å². The third-order valence-corrected chi connectivity index (χ3v) is 4.09. The van der Waals surface area contributed by atoms with E-state index >= 15 is 0 Å². The van der Waals surface area contributed by atoms with Crippen LogP contribution in [-0.4, -0.2) is 36.0 Å². The Morgan fingerprint density at radius 1 is 1.31 bits per heavy atom. The maximum atomic E-state index is 13.8. The smallest absolute Gasteiger partial charge is 0.408 e. The largest absolute Gasteiger partial charge is 0.494 e. The van der Waals surface area contributed by atoms with Gasteiger partial charge in [0.2, 0.25) is 5.91 Å². The Morgan fingerprint density at radius 2 is 1.96 bits per heavy atom. The van der Waals surface area contributed by atoms with Gasteiger partial charge in [-0.1, -0.05) is 0 Å². The molecule has 1 amide bonds. The summed E-state index contributed by atoms with van der Waals surface area (Å²) in [7, 11) is 2.80. The average Bonchev–Trinajstić information content (AvgIpc) is 2.79. The van der Waals surface area contributed by atoms with E-state index in [0.717, 1.165) is 10.7 Å². The topological polar surface area (TPSA) is 47.4 Å². The first-order chi connectivity index (χ1) is 12.0. The van der Waals surface area contributed by atoms with Crippen LogP contribution in [0.2, 0.25) is 0 Å². The number of likely N-dealkylation sites (N-methyl/N-ethyl adjacent to an activating group) is 1. The van der Waals surface area contributed by atoms with Crippen LogP contribution in [0, 0.1) is 19.7 Å². The lowest BCUT2D eigenvalue weighted by Gasteiger charge is -2.18. The van der Waals surface area contributed by atoms with Gasteiger partial charge in [-0.05, 0) is 26.0 Å². The molecule has 0 fully saturated rings. The van der Waals surface area contributed by atoms with Crippen LogP contribution in [0.15, 0.2) is 18.2 Å². The first-order valence-corrected chi connectivity index (χ1v) is 7.73. The zero-order valence-electron chi connectivity index (χ0n) is 14.8. The van der Waals surface area contributed by atoms with Crippen molar-refractivity contribution < 1.29 is 27.1 Å². The number of carbonyl (C=O) groups is 1. The van der Waals surface area contributed by atoms with Gasteiger partial charge in [-0.2, -0.15) is 18.3 Å². The summed E-state index contributed by atoms with van der Waals surface area (Å²) in [5, 5.41) is 3.87. The highest BCUT2D eigenvalue weighted by atomic mass is 19.4. The molecule has 0 N–H and O–H groups in total. The monoisotopic (exact) mass is 373 g/mol. The summed E-state index contributed by atoms with van der Waals surface area (Å²) in [6, 6.07) is 4.07. The van der Waals surface area contributed by atoms with Crippen molar-refractivity contribution in [1.29, 1.82) is 0 Å². The number of alkyl halides is 3. The molecule has 0 saturated carbocycles. The second-order valence-electron chi connectivity index (χ2n) is 5.87. The maximum Gasteiger partial charge on any atom is 0.408 e. The van der Waals surface area contributed by atoms with Gasteiger partial charge >= 0.3 is 6.18 Å². The zero-order chi connectivity index (χ0) is 19.6. The summed E-state index contributed by atoms with van der Waals surface area (Å²) in [6.07, 6.45) is -4.54. The maximum absolute atomic E-state index is 13.8. The number of aryl methyl sites for hydroxylation is 1. The molecule has 2 rings (SSSR count). The van der Waals surface area contributed by atoms with Gasteiger partial charge < -0.3 is 9.64 Å². The van der Waals surface area contributed by atoms with Crippen molar-refractivity contribution in [1.82, 2.24) is 9.78 Å². The Bertz CT molecular complexity index is 815. The number of aromatic nitrogens is 2. The third kappa shape index (κ3) is 4.33. The molecule has 2 aromatic rings. The number of nitrogens with zero attached hydrogens (tertiary/aromatic N) is 3. The average molecular weight is 373 g/mol. The number of hydrogen-bond donors (Lipinski definition) is 0. The number of methoxy groups -OCH3 is 1. The molecule has 0 spiro atoms. The van der Waals surface area contributed by atoms with Crippen molar-refractivity contribution >= 4 is 11.6 Å². The number of rotatable bonds is 5. The number of carbonyl (C=O) groups excluding carboxylic acids is 1. The second-order valence-corrected chi connectivity index (χ2v) is 5.87. The molecule has 0 aliphatic heterocycles. The SMILES string of the molecule is COc1ccc(N(C)C(=O)Cc2c(C)nn(CC(F)(F)F)c2C)cc1F. The van der Waals surface area contributed by atoms with Gasteiger partial charge in [-0.3, -0.25) is 9.48 Å². The van der Waals surface area contributed by atoms with Crippen molar-refractivity contribution in [2.24, 2.45) is 0 Å². The minimum atomic E-state index is -4.40. The molecule has 0 saturated heterocycles. The summed E-state index contributed by atoms with van der Waals surface area (Å²) >= 11 is 0. The molecule has 142 valence electrons. The van der Waals surface area contributed by atoms with Crippen LogP contribution in [-0.2, 0) is 17.8 Å². The van der Waals surface area contributed by atoms with Crippen molar-refractivity contribution in [3.05, 3.63) is 41.0 Å². The van der Waals surface area contributed by atoms with Crippen LogP contribution in [0.5, 0.6) is 5.75 Å². The van der Waals surface area contributed by atoms with E-state index in [1.165, 1.54) is 38.1 Å². The lowest BCUT2D eigenvalue weighted by molar-refractivity contribution is -0.142. The standard InChI is InChI=1S/C17H19F4N3O2/c1-10-13(11(2)24(22-10)9-17(19,20)21)8-16(25)23(3)12-5-6-15(26-4)14(18)7-12/h5-7H,8-9H2,1-4H3. The molecule has 0 aliphatic rings. The fourth-order valence-electron chi connectivity index (χ4n) is 2.59. The summed E-state index contributed by atoms with van der Waals surface area (Å²) in [6.45, 7) is 1.82. The van der Waals surface area contributed by atoms with Crippen LogP contribution < -0.4 is 9.64 Å². The summed E-state index contributed by atoms with van der Waals surface area (Å²) < 4.78 is 57.3. The highest BCUT2D eigenvalue weighted by Crippen LogP contribution is 2.25. The molecule has 1 aromatic carbocycles. The molecular formula is C17H19F4N3O2. The number of benzene rings is 1. The number of halogens is 4. The number of amides is 1. The molecule has 0 unspecified atom stereocenters. The molecule has 1 heterocycles. The molecule has 9 heteroatoms. The lowest BCUT2D eigenvalue weighted by Crippen LogP contribution is -2.28. The molecule has 1 aromatic heterocycles. The summed E-state index contributed by atoms with van der Waals surface area (Å²) in [5.74, 6) is -0.961. The molecule has 0 atom stereocenters. The van der Waals surface area contributed by atoms with Crippen LogP contribution in [0.4, 0.5) is 23.2 Å². The van der Waals surface area contributed by atoms with Gasteiger partial charge in [0.05, 0.1) is 19.2 Å². The lowest BCUT2D eigenvalue weighted by atomic mass is 10.1. The molecule has 5 nitrogen and oxygen atoms in total. The van der Waals surface area contributed by atoms with Crippen LogP contribution in [0.1, 0.15) is 17.0 Å². The Hall–Kier alpha value is -2.58. The molecular weight excluding hydrogens is 354 g/mol. The normalized spacial score (nSPS) is 11.5. The van der Waals surface area contributed by atoms with E-state index in [4.69, 9.17) is 4.74 Å². The predicted octanol–water partition coefficient (Wildman–Crippen LogP) is 3.42. The number of ether oxygens (including phenoxy) is 1. The van der Waals surface area contributed by atoms with E-state index in [1.807, 2.05) is 0 Å². The van der Waals surface area contributed by atoms with Crippen LogP contribution >= 0.6 is 0 Å². The van der Waals surface area contributed by atoms with E-state index in [1.54, 1.807) is 6.92 Å². The van der Waals surface area contributed by atoms with E-state index in [2.05, 4.69) is 5.10 Å². The zero-order valence-corrected chi connectivity index (χ0v) is 14.8. The minimum Gasteiger partial charge on any atom is -0.494 e. The van der Waals surface area contributed by atoms with Gasteiger partial charge in [-0.15, -0.1) is 0 Å². The first-order valence-electron chi connectivity index (χ1n) is 7.73. The van der Waals surface area contributed by atoms with E-state index in [0.29, 0.717) is 16.9 Å². The minimum absolute atomic E-state index is 0.0507. The highest BCUT2D eigenvalue weighted by molar-refractivity contribution is 5.94. The summed E-state index contributed by atoms with van der Waals surface area (Å²) in [4.78, 5) is 13.7. The number of anilines is 1.